The summed E-state index contributed by atoms with van der Waals surface area (Å²) < 4.78 is 0.960. The Kier molecular flexibility index (Phi) is 4.55. The zero-order chi connectivity index (χ0) is 13.8. The molecular weight excluding hydrogens is 312 g/mol. The molecule has 1 fully saturated rings. The summed E-state index contributed by atoms with van der Waals surface area (Å²) in [7, 11) is 0. The fraction of sp³-hybridized carbons (Fsp3) is 0.385. The van der Waals surface area contributed by atoms with Gasteiger partial charge in [0.2, 0.25) is 5.91 Å². The van der Waals surface area contributed by atoms with Crippen LogP contribution in [0, 0.1) is 0 Å². The molecule has 1 heterocycles. The standard InChI is InChI=1S/C13H15BrN2O3/c14-9-1-4-11(5-2-9)16-8-10(3-6-13(18)19)15-7-12(16)17/h1-2,4-5,10,15H,3,6-8H2,(H,18,19). The average Bonchev–Trinajstić information content (AvgIpc) is 2.39. The van der Waals surface area contributed by atoms with Crippen LogP contribution in [0.1, 0.15) is 12.8 Å². The zero-order valence-corrected chi connectivity index (χ0v) is 11.9. The molecule has 19 heavy (non-hydrogen) atoms. The van der Waals surface area contributed by atoms with Crippen molar-refractivity contribution >= 4 is 33.5 Å². The Balaban J connectivity index is 2.04. The second kappa shape index (κ2) is 6.16. The van der Waals surface area contributed by atoms with Crippen LogP contribution in [0.2, 0.25) is 0 Å². The van der Waals surface area contributed by atoms with Crippen molar-refractivity contribution in [2.75, 3.05) is 18.0 Å². The van der Waals surface area contributed by atoms with Gasteiger partial charge >= 0.3 is 5.97 Å². The number of nitrogens with one attached hydrogen (secondary N) is 1. The van der Waals surface area contributed by atoms with Crippen molar-refractivity contribution in [1.82, 2.24) is 5.32 Å². The SMILES string of the molecule is O=C(O)CCC1CN(c2ccc(Br)cc2)C(=O)CN1. The Bertz CT molecular complexity index is 475. The molecule has 1 aromatic carbocycles. The maximum Gasteiger partial charge on any atom is 0.303 e. The number of benzene rings is 1. The van der Waals surface area contributed by atoms with Gasteiger partial charge in [0.1, 0.15) is 0 Å². The van der Waals surface area contributed by atoms with Gasteiger partial charge in [0, 0.05) is 29.2 Å². The van der Waals surface area contributed by atoms with E-state index in [1.54, 1.807) is 4.90 Å². The minimum absolute atomic E-state index is 0.00824. The molecule has 0 radical (unpaired) electrons. The van der Waals surface area contributed by atoms with E-state index in [0.717, 1.165) is 10.2 Å². The van der Waals surface area contributed by atoms with E-state index < -0.39 is 5.97 Å². The summed E-state index contributed by atoms with van der Waals surface area (Å²) in [5.41, 5.74) is 0.843. The normalized spacial score (nSPS) is 19.5. The minimum atomic E-state index is -0.811. The molecule has 2 N–H and O–H groups in total. The predicted molar refractivity (Wildman–Crippen MR) is 75.2 cm³/mol. The molecule has 0 aromatic heterocycles. The van der Waals surface area contributed by atoms with Crippen molar-refractivity contribution in [3.63, 3.8) is 0 Å². The van der Waals surface area contributed by atoms with Gasteiger partial charge in [-0.2, -0.15) is 0 Å². The molecule has 0 saturated carbocycles. The first kappa shape index (κ1) is 14.0. The zero-order valence-electron chi connectivity index (χ0n) is 10.3. The number of carboxylic acid groups (broad SMARTS) is 1. The Morgan fingerprint density at radius 2 is 2.11 bits per heavy atom. The molecule has 0 aliphatic carbocycles. The smallest absolute Gasteiger partial charge is 0.303 e. The summed E-state index contributed by atoms with van der Waals surface area (Å²) in [5, 5.41) is 11.8. The highest BCUT2D eigenvalue weighted by Gasteiger charge is 2.26. The maximum absolute atomic E-state index is 11.9. The van der Waals surface area contributed by atoms with E-state index in [2.05, 4.69) is 21.2 Å². The Labute approximate surface area is 119 Å². The molecule has 1 aliphatic heterocycles. The van der Waals surface area contributed by atoms with Crippen molar-refractivity contribution in [1.29, 1.82) is 0 Å². The van der Waals surface area contributed by atoms with Gasteiger partial charge in [-0.15, -0.1) is 0 Å². The van der Waals surface area contributed by atoms with Crippen LogP contribution in [0.5, 0.6) is 0 Å². The van der Waals surface area contributed by atoms with E-state index in [-0.39, 0.29) is 24.9 Å². The van der Waals surface area contributed by atoms with Gasteiger partial charge in [0.05, 0.1) is 6.54 Å². The molecule has 1 atom stereocenters. The lowest BCUT2D eigenvalue weighted by Crippen LogP contribution is -2.54. The van der Waals surface area contributed by atoms with Crippen LogP contribution in [0.25, 0.3) is 0 Å². The van der Waals surface area contributed by atoms with Crippen molar-refractivity contribution in [2.24, 2.45) is 0 Å². The molecule has 1 saturated heterocycles. The molecular formula is C13H15BrN2O3. The quantitative estimate of drug-likeness (QED) is 0.882. The summed E-state index contributed by atoms with van der Waals surface area (Å²) >= 11 is 3.36. The number of aliphatic carboxylic acids is 1. The maximum atomic E-state index is 11.9. The molecule has 6 heteroatoms. The molecule has 2 rings (SSSR count). The highest BCUT2D eigenvalue weighted by molar-refractivity contribution is 9.10. The van der Waals surface area contributed by atoms with Crippen LogP contribution in [-0.4, -0.2) is 36.1 Å². The number of carbonyl (C=O) groups excluding carboxylic acids is 1. The molecule has 1 aliphatic rings. The molecule has 1 unspecified atom stereocenters. The van der Waals surface area contributed by atoms with Crippen LogP contribution in [0.3, 0.4) is 0 Å². The van der Waals surface area contributed by atoms with Gasteiger partial charge in [0.15, 0.2) is 0 Å². The fourth-order valence-corrected chi connectivity index (χ4v) is 2.34. The summed E-state index contributed by atoms with van der Waals surface area (Å²) in [4.78, 5) is 24.2. The van der Waals surface area contributed by atoms with Gasteiger partial charge < -0.3 is 15.3 Å². The van der Waals surface area contributed by atoms with Gasteiger partial charge in [0.25, 0.3) is 0 Å². The largest absolute Gasteiger partial charge is 0.481 e. The van der Waals surface area contributed by atoms with E-state index in [1.807, 2.05) is 24.3 Å². The van der Waals surface area contributed by atoms with Crippen molar-refractivity contribution in [3.8, 4) is 0 Å². The Hall–Kier alpha value is -1.40. The number of piperazine rings is 1. The first-order valence-electron chi connectivity index (χ1n) is 6.07. The topological polar surface area (TPSA) is 69.6 Å². The number of hydrogen-bond acceptors (Lipinski definition) is 3. The summed E-state index contributed by atoms with van der Waals surface area (Å²) in [5.74, 6) is -0.803. The van der Waals surface area contributed by atoms with Crippen LogP contribution in [0.15, 0.2) is 28.7 Å². The number of nitrogens with zero attached hydrogens (tertiary/aromatic N) is 1. The van der Waals surface area contributed by atoms with Crippen LogP contribution >= 0.6 is 15.9 Å². The number of halogens is 1. The lowest BCUT2D eigenvalue weighted by atomic mass is 10.1. The second-order valence-corrected chi connectivity index (χ2v) is 5.41. The van der Waals surface area contributed by atoms with Crippen molar-refractivity contribution < 1.29 is 14.7 Å². The van der Waals surface area contributed by atoms with Gasteiger partial charge in [-0.05, 0) is 30.7 Å². The summed E-state index contributed by atoms with van der Waals surface area (Å²) in [6.45, 7) is 0.758. The predicted octanol–water partition coefficient (Wildman–Crippen LogP) is 1.62. The average molecular weight is 327 g/mol. The molecule has 1 aromatic rings. The Morgan fingerprint density at radius 3 is 2.74 bits per heavy atom. The van der Waals surface area contributed by atoms with Gasteiger partial charge in [-0.1, -0.05) is 15.9 Å². The molecule has 102 valence electrons. The third-order valence-electron chi connectivity index (χ3n) is 3.09. The third kappa shape index (κ3) is 3.78. The highest BCUT2D eigenvalue weighted by atomic mass is 79.9. The van der Waals surface area contributed by atoms with E-state index in [0.29, 0.717) is 13.0 Å². The van der Waals surface area contributed by atoms with Crippen molar-refractivity contribution in [2.45, 2.75) is 18.9 Å². The van der Waals surface area contributed by atoms with E-state index >= 15 is 0 Å². The number of carboxylic acids is 1. The van der Waals surface area contributed by atoms with E-state index in [9.17, 15) is 9.59 Å². The van der Waals surface area contributed by atoms with Crippen LogP contribution in [-0.2, 0) is 9.59 Å². The molecule has 0 bridgehead atoms. The second-order valence-electron chi connectivity index (χ2n) is 4.49. The number of rotatable bonds is 4. The molecule has 1 amide bonds. The van der Waals surface area contributed by atoms with Crippen LogP contribution < -0.4 is 10.2 Å². The van der Waals surface area contributed by atoms with E-state index in [1.165, 1.54) is 0 Å². The monoisotopic (exact) mass is 326 g/mol. The Morgan fingerprint density at radius 1 is 1.42 bits per heavy atom. The lowest BCUT2D eigenvalue weighted by molar-refractivity contribution is -0.137. The summed E-state index contributed by atoms with van der Waals surface area (Å²) in [6, 6.07) is 7.55. The summed E-state index contributed by atoms with van der Waals surface area (Å²) in [6.07, 6.45) is 0.635. The van der Waals surface area contributed by atoms with Gasteiger partial charge in [-0.3, -0.25) is 9.59 Å². The van der Waals surface area contributed by atoms with Crippen LogP contribution in [0.4, 0.5) is 5.69 Å². The fourth-order valence-electron chi connectivity index (χ4n) is 2.08. The highest BCUT2D eigenvalue weighted by Crippen LogP contribution is 2.20. The number of carbonyl (C=O) groups is 2. The number of anilines is 1. The number of hydrogen-bond donors (Lipinski definition) is 2. The third-order valence-corrected chi connectivity index (χ3v) is 3.62. The van der Waals surface area contributed by atoms with Gasteiger partial charge in [-0.25, -0.2) is 0 Å². The molecule has 5 nitrogen and oxygen atoms in total. The number of amides is 1. The van der Waals surface area contributed by atoms with Crippen molar-refractivity contribution in [3.05, 3.63) is 28.7 Å². The first-order chi connectivity index (χ1) is 9.06. The first-order valence-corrected chi connectivity index (χ1v) is 6.86. The minimum Gasteiger partial charge on any atom is -0.481 e. The van der Waals surface area contributed by atoms with E-state index in [4.69, 9.17) is 5.11 Å². The molecule has 0 spiro atoms. The lowest BCUT2D eigenvalue weighted by Gasteiger charge is -2.33.